The smallest absolute Gasteiger partial charge is 0.263 e. The summed E-state index contributed by atoms with van der Waals surface area (Å²) in [6.45, 7) is 5.16. The highest BCUT2D eigenvalue weighted by molar-refractivity contribution is 5.80. The predicted molar refractivity (Wildman–Crippen MR) is 107 cm³/mol. The van der Waals surface area contributed by atoms with Crippen molar-refractivity contribution in [2.24, 2.45) is 0 Å². The third-order valence-electron chi connectivity index (χ3n) is 4.20. The maximum Gasteiger partial charge on any atom is 0.263 e. The fourth-order valence-corrected chi connectivity index (χ4v) is 2.86. The Morgan fingerprint density at radius 2 is 1.23 bits per heavy atom. The van der Waals surface area contributed by atoms with Gasteiger partial charge in [0, 0.05) is 12.1 Å². The van der Waals surface area contributed by atoms with Crippen molar-refractivity contribution in [2.45, 2.75) is 26.4 Å². The average Bonchev–Trinajstić information content (AvgIpc) is 2.76. The second kappa shape index (κ2) is 10.6. The van der Waals surface area contributed by atoms with Crippen molar-refractivity contribution in [3.8, 4) is 23.0 Å². The second-order valence-electron chi connectivity index (χ2n) is 6.22. The van der Waals surface area contributed by atoms with Gasteiger partial charge < -0.3 is 28.4 Å². The van der Waals surface area contributed by atoms with Crippen LogP contribution in [0.1, 0.15) is 34.6 Å². The molecule has 2 aromatic rings. The van der Waals surface area contributed by atoms with Crippen LogP contribution < -0.4 is 18.9 Å². The summed E-state index contributed by atoms with van der Waals surface area (Å²) in [7, 11) is 0. The first-order chi connectivity index (χ1) is 14.7. The molecule has 0 radical (unpaired) electrons. The Hall–Kier alpha value is -3.10. The van der Waals surface area contributed by atoms with E-state index in [0.29, 0.717) is 60.6 Å². The van der Waals surface area contributed by atoms with E-state index in [1.165, 1.54) is 0 Å². The van der Waals surface area contributed by atoms with Crippen LogP contribution in [0, 0.1) is 0 Å². The van der Waals surface area contributed by atoms with Crippen molar-refractivity contribution in [3.05, 3.63) is 47.5 Å². The fourth-order valence-electron chi connectivity index (χ4n) is 2.86. The van der Waals surface area contributed by atoms with E-state index in [9.17, 15) is 9.59 Å². The number of rotatable bonds is 10. The second-order valence-corrected chi connectivity index (χ2v) is 6.22. The van der Waals surface area contributed by atoms with Gasteiger partial charge in [-0.1, -0.05) is 0 Å². The summed E-state index contributed by atoms with van der Waals surface area (Å²) in [6.07, 6.45) is -0.257. The Morgan fingerprint density at radius 1 is 0.800 bits per heavy atom. The van der Waals surface area contributed by atoms with Gasteiger partial charge in [0.15, 0.2) is 12.6 Å². The van der Waals surface area contributed by atoms with Gasteiger partial charge in [0.2, 0.25) is 0 Å². The molecule has 0 aromatic heterocycles. The molecule has 1 fully saturated rings. The van der Waals surface area contributed by atoms with Crippen molar-refractivity contribution in [1.29, 1.82) is 0 Å². The zero-order chi connectivity index (χ0) is 21.3. The Balaban J connectivity index is 1.75. The first-order valence-electron chi connectivity index (χ1n) is 9.69. The predicted octanol–water partition coefficient (Wildman–Crippen LogP) is 3.27. The summed E-state index contributed by atoms with van der Waals surface area (Å²) in [5.41, 5.74) is 0.855. The monoisotopic (exact) mass is 416 g/mol. The van der Waals surface area contributed by atoms with E-state index in [1.54, 1.807) is 36.4 Å². The number of carbonyl (C=O) groups excluding carboxylic acids is 2. The maximum atomic E-state index is 11.2. The van der Waals surface area contributed by atoms with Gasteiger partial charge in [-0.3, -0.25) is 9.59 Å². The van der Waals surface area contributed by atoms with Crippen LogP contribution in [-0.4, -0.2) is 51.6 Å². The number of hydrogen-bond donors (Lipinski definition) is 0. The summed E-state index contributed by atoms with van der Waals surface area (Å²) in [5, 5.41) is 0. The molecule has 0 saturated carbocycles. The molecule has 3 rings (SSSR count). The van der Waals surface area contributed by atoms with Crippen molar-refractivity contribution < 1.29 is 38.0 Å². The lowest BCUT2D eigenvalue weighted by Gasteiger charge is -2.32. The molecule has 0 N–H and O–H groups in total. The van der Waals surface area contributed by atoms with Crippen molar-refractivity contribution in [3.63, 3.8) is 0 Å². The van der Waals surface area contributed by atoms with E-state index in [0.717, 1.165) is 12.6 Å². The quantitative estimate of drug-likeness (QED) is 0.545. The lowest BCUT2D eigenvalue weighted by Crippen LogP contribution is -2.45. The largest absolute Gasteiger partial charge is 0.493 e. The molecular weight excluding hydrogens is 392 g/mol. The lowest BCUT2D eigenvalue weighted by atomic mass is 10.2. The van der Waals surface area contributed by atoms with E-state index >= 15 is 0 Å². The van der Waals surface area contributed by atoms with Gasteiger partial charge in [-0.2, -0.15) is 0 Å². The molecule has 0 aliphatic carbocycles. The summed E-state index contributed by atoms with van der Waals surface area (Å²) in [6, 6.07) is 9.75. The van der Waals surface area contributed by atoms with E-state index in [2.05, 4.69) is 0 Å². The van der Waals surface area contributed by atoms with Gasteiger partial charge in [0.1, 0.15) is 23.0 Å². The van der Waals surface area contributed by atoms with Gasteiger partial charge >= 0.3 is 0 Å². The molecular formula is C22H24O8. The maximum absolute atomic E-state index is 11.2. The van der Waals surface area contributed by atoms with Crippen LogP contribution in [-0.2, 0) is 9.47 Å². The molecule has 2 unspecified atom stereocenters. The Morgan fingerprint density at radius 3 is 1.60 bits per heavy atom. The summed E-state index contributed by atoms with van der Waals surface area (Å²) in [5.74, 6) is 1.73. The van der Waals surface area contributed by atoms with Crippen LogP contribution >= 0.6 is 0 Å². The molecule has 8 heteroatoms. The third-order valence-corrected chi connectivity index (χ3v) is 4.20. The molecule has 2 atom stereocenters. The van der Waals surface area contributed by atoms with Crippen molar-refractivity contribution in [1.82, 2.24) is 0 Å². The van der Waals surface area contributed by atoms with Crippen LogP contribution in [0.2, 0.25) is 0 Å². The first kappa shape index (κ1) is 21.6. The minimum absolute atomic E-state index is 0.337. The molecule has 0 spiro atoms. The van der Waals surface area contributed by atoms with Gasteiger partial charge in [0.25, 0.3) is 12.6 Å². The van der Waals surface area contributed by atoms with Crippen LogP contribution in [0.5, 0.6) is 23.0 Å². The molecule has 1 aliphatic rings. The third kappa shape index (κ3) is 5.28. The van der Waals surface area contributed by atoms with E-state index < -0.39 is 12.6 Å². The summed E-state index contributed by atoms with van der Waals surface area (Å²) < 4.78 is 34.1. The first-order valence-corrected chi connectivity index (χ1v) is 9.69. The topological polar surface area (TPSA) is 89.5 Å². The van der Waals surface area contributed by atoms with Crippen molar-refractivity contribution >= 4 is 12.6 Å². The van der Waals surface area contributed by atoms with Crippen molar-refractivity contribution in [2.75, 3.05) is 26.4 Å². The van der Waals surface area contributed by atoms with E-state index in [-0.39, 0.29) is 0 Å². The zero-order valence-electron chi connectivity index (χ0n) is 16.9. The molecule has 2 aromatic carbocycles. The van der Waals surface area contributed by atoms with Crippen LogP contribution in [0.3, 0.4) is 0 Å². The summed E-state index contributed by atoms with van der Waals surface area (Å²) >= 11 is 0. The molecule has 1 saturated heterocycles. The molecule has 0 bridgehead atoms. The standard InChI is InChI=1S/C22H24O8/c1-3-25-19-11-17(7-5-15(19)13-23)29-21-22(28-10-9-27-21)30-18-8-6-16(14-24)20(12-18)26-4-2/h5-8,11-14,21-22H,3-4,9-10H2,1-2H3. The Kier molecular flexibility index (Phi) is 7.64. The Labute approximate surface area is 174 Å². The lowest BCUT2D eigenvalue weighted by molar-refractivity contribution is -0.271. The normalized spacial score (nSPS) is 18.3. The minimum Gasteiger partial charge on any atom is -0.493 e. The average molecular weight is 416 g/mol. The number of benzene rings is 2. The number of ether oxygens (including phenoxy) is 6. The molecule has 1 heterocycles. The Bertz CT molecular complexity index is 795. The van der Waals surface area contributed by atoms with Gasteiger partial charge in [0.05, 0.1) is 37.6 Å². The molecule has 160 valence electrons. The fraction of sp³-hybridized carbons (Fsp3) is 0.364. The van der Waals surface area contributed by atoms with E-state index in [4.69, 9.17) is 28.4 Å². The number of aldehydes is 2. The number of hydrogen-bond acceptors (Lipinski definition) is 8. The van der Waals surface area contributed by atoms with Gasteiger partial charge in [-0.15, -0.1) is 0 Å². The van der Waals surface area contributed by atoms with Gasteiger partial charge in [-0.25, -0.2) is 0 Å². The van der Waals surface area contributed by atoms with Crippen LogP contribution in [0.4, 0.5) is 0 Å². The van der Waals surface area contributed by atoms with E-state index in [1.807, 2.05) is 13.8 Å². The number of carbonyl (C=O) groups is 2. The highest BCUT2D eigenvalue weighted by atomic mass is 16.8. The molecule has 1 aliphatic heterocycles. The molecule has 0 amide bonds. The molecule has 8 nitrogen and oxygen atoms in total. The molecule has 30 heavy (non-hydrogen) atoms. The van der Waals surface area contributed by atoms with Crippen LogP contribution in [0.25, 0.3) is 0 Å². The van der Waals surface area contributed by atoms with Crippen LogP contribution in [0.15, 0.2) is 36.4 Å². The zero-order valence-corrected chi connectivity index (χ0v) is 16.9. The minimum atomic E-state index is -0.850. The highest BCUT2D eigenvalue weighted by Crippen LogP contribution is 2.29. The van der Waals surface area contributed by atoms with Gasteiger partial charge in [-0.05, 0) is 38.1 Å². The SMILES string of the molecule is CCOc1cc(OC2OCCOC2Oc2ccc(C=O)c(OCC)c2)ccc1C=O. The highest BCUT2D eigenvalue weighted by Gasteiger charge is 2.31. The summed E-state index contributed by atoms with van der Waals surface area (Å²) in [4.78, 5) is 22.3.